The number of aromatic nitrogens is 2. The molecule has 0 unspecified atom stereocenters. The number of benzene rings is 2. The quantitative estimate of drug-likeness (QED) is 0.590. The number of para-hydroxylation sites is 1. The summed E-state index contributed by atoms with van der Waals surface area (Å²) in [5.41, 5.74) is 2.51. The van der Waals surface area contributed by atoms with Crippen LogP contribution >= 0.6 is 11.6 Å². The first-order chi connectivity index (χ1) is 16.0. The summed E-state index contributed by atoms with van der Waals surface area (Å²) in [5, 5.41) is 5.11. The zero-order chi connectivity index (χ0) is 22.9. The van der Waals surface area contributed by atoms with Crippen LogP contribution in [0.15, 0.2) is 54.6 Å². The lowest BCUT2D eigenvalue weighted by molar-refractivity contribution is 0.0680. The van der Waals surface area contributed by atoms with E-state index in [2.05, 4.69) is 10.00 Å². The Morgan fingerprint density at radius 2 is 1.70 bits per heavy atom. The molecule has 170 valence electrons. The standard InChI is InChI=1S/C24H23ClFN5O2/c25-19-3-1-2-4-21(19)28-9-11-29(12-10-28)23(32)20-15-22-24(33)30(13-14-31(22)27-20)16-17-5-7-18(26)8-6-17/h1-8,15H,9-14,16H2. The van der Waals surface area contributed by atoms with Crippen LogP contribution in [0.4, 0.5) is 10.1 Å². The highest BCUT2D eigenvalue weighted by Crippen LogP contribution is 2.26. The summed E-state index contributed by atoms with van der Waals surface area (Å²) in [6.45, 7) is 3.83. The second-order valence-electron chi connectivity index (χ2n) is 8.22. The van der Waals surface area contributed by atoms with Crippen molar-refractivity contribution in [1.29, 1.82) is 0 Å². The van der Waals surface area contributed by atoms with Crippen molar-refractivity contribution in [3.63, 3.8) is 0 Å². The van der Waals surface area contributed by atoms with E-state index in [1.54, 1.807) is 32.7 Å². The summed E-state index contributed by atoms with van der Waals surface area (Å²) in [7, 11) is 0. The van der Waals surface area contributed by atoms with Gasteiger partial charge in [-0.25, -0.2) is 4.39 Å². The van der Waals surface area contributed by atoms with Gasteiger partial charge < -0.3 is 14.7 Å². The van der Waals surface area contributed by atoms with Crippen molar-refractivity contribution in [2.75, 3.05) is 37.6 Å². The first-order valence-corrected chi connectivity index (χ1v) is 11.3. The van der Waals surface area contributed by atoms with Crippen molar-refractivity contribution in [2.45, 2.75) is 13.1 Å². The lowest BCUT2D eigenvalue weighted by atomic mass is 10.2. The summed E-state index contributed by atoms with van der Waals surface area (Å²) in [4.78, 5) is 31.7. The first-order valence-electron chi connectivity index (χ1n) is 10.9. The van der Waals surface area contributed by atoms with E-state index in [0.717, 1.165) is 11.3 Å². The second-order valence-corrected chi connectivity index (χ2v) is 8.63. The summed E-state index contributed by atoms with van der Waals surface area (Å²) >= 11 is 6.31. The van der Waals surface area contributed by atoms with E-state index in [0.29, 0.717) is 56.5 Å². The van der Waals surface area contributed by atoms with Crippen LogP contribution in [-0.2, 0) is 13.1 Å². The Morgan fingerprint density at radius 3 is 2.42 bits per heavy atom. The molecule has 9 heteroatoms. The van der Waals surface area contributed by atoms with Gasteiger partial charge in [-0.2, -0.15) is 5.10 Å². The zero-order valence-electron chi connectivity index (χ0n) is 18.0. The topological polar surface area (TPSA) is 61.7 Å². The molecule has 3 aromatic rings. The smallest absolute Gasteiger partial charge is 0.274 e. The molecule has 2 amide bonds. The highest BCUT2D eigenvalue weighted by Gasteiger charge is 2.30. The molecule has 7 nitrogen and oxygen atoms in total. The molecule has 1 saturated heterocycles. The Hall–Kier alpha value is -3.39. The van der Waals surface area contributed by atoms with E-state index in [1.165, 1.54) is 12.1 Å². The van der Waals surface area contributed by atoms with Crippen molar-refractivity contribution < 1.29 is 14.0 Å². The number of piperazine rings is 1. The molecule has 1 aromatic heterocycles. The summed E-state index contributed by atoms with van der Waals surface area (Å²) < 4.78 is 14.8. The monoisotopic (exact) mass is 467 g/mol. The Bertz CT molecular complexity index is 1190. The lowest BCUT2D eigenvalue weighted by Gasteiger charge is -2.36. The molecule has 5 rings (SSSR count). The number of carbonyl (C=O) groups excluding carboxylic acids is 2. The van der Waals surface area contributed by atoms with Crippen LogP contribution in [0.2, 0.25) is 5.02 Å². The van der Waals surface area contributed by atoms with Gasteiger partial charge in [-0.1, -0.05) is 35.9 Å². The number of anilines is 1. The van der Waals surface area contributed by atoms with Crippen LogP contribution in [0.25, 0.3) is 0 Å². The van der Waals surface area contributed by atoms with E-state index in [9.17, 15) is 14.0 Å². The van der Waals surface area contributed by atoms with E-state index in [1.807, 2.05) is 24.3 Å². The molecule has 3 heterocycles. The van der Waals surface area contributed by atoms with Crippen LogP contribution in [0.5, 0.6) is 0 Å². The predicted molar refractivity (Wildman–Crippen MR) is 123 cm³/mol. The van der Waals surface area contributed by atoms with Gasteiger partial charge >= 0.3 is 0 Å². The van der Waals surface area contributed by atoms with Crippen LogP contribution in [0.3, 0.4) is 0 Å². The molecule has 0 atom stereocenters. The zero-order valence-corrected chi connectivity index (χ0v) is 18.7. The van der Waals surface area contributed by atoms with Gasteiger partial charge in [0.05, 0.1) is 17.3 Å². The maximum Gasteiger partial charge on any atom is 0.274 e. The van der Waals surface area contributed by atoms with Gasteiger partial charge in [-0.15, -0.1) is 0 Å². The Balaban J connectivity index is 1.25. The fourth-order valence-electron chi connectivity index (χ4n) is 4.32. The molecule has 0 aliphatic carbocycles. The van der Waals surface area contributed by atoms with Crippen LogP contribution < -0.4 is 4.90 Å². The van der Waals surface area contributed by atoms with E-state index in [4.69, 9.17) is 11.6 Å². The van der Waals surface area contributed by atoms with E-state index in [-0.39, 0.29) is 23.3 Å². The number of nitrogens with zero attached hydrogens (tertiary/aromatic N) is 5. The fraction of sp³-hybridized carbons (Fsp3) is 0.292. The van der Waals surface area contributed by atoms with Crippen molar-refractivity contribution in [3.05, 3.63) is 82.4 Å². The summed E-state index contributed by atoms with van der Waals surface area (Å²) in [5.74, 6) is -0.660. The number of carbonyl (C=O) groups is 2. The number of hydrogen-bond donors (Lipinski definition) is 0. The molecular formula is C24H23ClFN5O2. The molecule has 33 heavy (non-hydrogen) atoms. The minimum atomic E-state index is -0.308. The van der Waals surface area contributed by atoms with Crippen molar-refractivity contribution in [3.8, 4) is 0 Å². The van der Waals surface area contributed by atoms with Gasteiger partial charge in [-0.3, -0.25) is 14.3 Å². The average Bonchev–Trinajstić information content (AvgIpc) is 3.28. The molecule has 0 spiro atoms. The van der Waals surface area contributed by atoms with Gasteiger partial charge in [-0.05, 0) is 29.8 Å². The fourth-order valence-corrected chi connectivity index (χ4v) is 4.58. The van der Waals surface area contributed by atoms with Gasteiger partial charge in [0.25, 0.3) is 11.8 Å². The van der Waals surface area contributed by atoms with E-state index >= 15 is 0 Å². The maximum absolute atomic E-state index is 13.2. The SMILES string of the molecule is O=C(c1cc2n(n1)CCN(Cc1ccc(F)cc1)C2=O)N1CCN(c2ccccc2Cl)CC1. The Morgan fingerprint density at radius 1 is 0.970 bits per heavy atom. The minimum absolute atomic E-state index is 0.173. The number of halogens is 2. The van der Waals surface area contributed by atoms with Gasteiger partial charge in [0.15, 0.2) is 5.69 Å². The summed E-state index contributed by atoms with van der Waals surface area (Å²) in [6.07, 6.45) is 0. The second kappa shape index (κ2) is 8.86. The normalized spacial score (nSPS) is 16.2. The molecular weight excluding hydrogens is 445 g/mol. The third-order valence-electron chi connectivity index (χ3n) is 6.13. The first kappa shape index (κ1) is 21.5. The van der Waals surface area contributed by atoms with Crippen molar-refractivity contribution in [1.82, 2.24) is 19.6 Å². The maximum atomic E-state index is 13.2. The predicted octanol–water partition coefficient (Wildman–Crippen LogP) is 3.29. The third kappa shape index (κ3) is 4.30. The van der Waals surface area contributed by atoms with Crippen molar-refractivity contribution >= 4 is 29.1 Å². The van der Waals surface area contributed by atoms with Crippen LogP contribution in [0, 0.1) is 5.82 Å². The van der Waals surface area contributed by atoms with Gasteiger partial charge in [0, 0.05) is 45.3 Å². The highest BCUT2D eigenvalue weighted by molar-refractivity contribution is 6.33. The Labute approximate surface area is 195 Å². The average molecular weight is 468 g/mol. The minimum Gasteiger partial charge on any atom is -0.367 e. The molecule has 0 bridgehead atoms. The number of amides is 2. The molecule has 0 radical (unpaired) electrons. The largest absolute Gasteiger partial charge is 0.367 e. The molecule has 1 fully saturated rings. The van der Waals surface area contributed by atoms with E-state index < -0.39 is 0 Å². The molecule has 2 aliphatic heterocycles. The molecule has 0 N–H and O–H groups in total. The van der Waals surface area contributed by atoms with Gasteiger partial charge in [0.1, 0.15) is 11.5 Å². The van der Waals surface area contributed by atoms with Crippen molar-refractivity contribution in [2.24, 2.45) is 0 Å². The molecule has 2 aliphatic rings. The van der Waals surface area contributed by atoms with Crippen LogP contribution in [-0.4, -0.2) is 64.1 Å². The van der Waals surface area contributed by atoms with Gasteiger partial charge in [0.2, 0.25) is 0 Å². The number of fused-ring (bicyclic) bond motifs is 1. The Kier molecular flexibility index (Phi) is 5.76. The third-order valence-corrected chi connectivity index (χ3v) is 6.45. The molecule has 0 saturated carbocycles. The molecule has 2 aromatic carbocycles. The summed E-state index contributed by atoms with van der Waals surface area (Å²) in [6, 6.07) is 15.4. The lowest BCUT2D eigenvalue weighted by Crippen LogP contribution is -2.49. The number of rotatable bonds is 4. The van der Waals surface area contributed by atoms with Crippen LogP contribution in [0.1, 0.15) is 26.5 Å². The number of hydrogen-bond acceptors (Lipinski definition) is 4. The highest BCUT2D eigenvalue weighted by atomic mass is 35.5.